The average molecular weight is 312 g/mol. The Kier molecular flexibility index (Phi) is 4.98. The van der Waals surface area contributed by atoms with Gasteiger partial charge >= 0.3 is 5.97 Å². The first-order valence-corrected chi connectivity index (χ1v) is 7.21. The lowest BCUT2D eigenvalue weighted by atomic mass is 10.2. The highest BCUT2D eigenvalue weighted by Crippen LogP contribution is 2.22. The molecule has 1 aromatic carbocycles. The molecule has 0 unspecified atom stereocenters. The third kappa shape index (κ3) is 3.84. The van der Waals surface area contributed by atoms with E-state index in [1.54, 1.807) is 6.92 Å². The molecule has 0 amide bonds. The molecule has 0 heterocycles. The summed E-state index contributed by atoms with van der Waals surface area (Å²) in [5, 5.41) is 9.13. The minimum absolute atomic E-state index is 0.128. The van der Waals surface area contributed by atoms with Crippen molar-refractivity contribution in [2.24, 2.45) is 0 Å². The summed E-state index contributed by atoms with van der Waals surface area (Å²) < 4.78 is 25.9. The Hall–Kier alpha value is -0.820. The van der Waals surface area contributed by atoms with Crippen LogP contribution in [0.2, 0.25) is 10.0 Å². The molecule has 0 bridgehead atoms. The van der Waals surface area contributed by atoms with Crippen LogP contribution >= 0.6 is 23.2 Å². The maximum atomic E-state index is 11.9. The summed E-state index contributed by atoms with van der Waals surface area (Å²) in [6.07, 6.45) is 0.128. The highest BCUT2D eigenvalue weighted by atomic mass is 35.5. The number of benzene rings is 1. The van der Waals surface area contributed by atoms with E-state index in [9.17, 15) is 13.2 Å². The molecule has 100 valence electrons. The number of sulfonamides is 1. The predicted molar refractivity (Wildman–Crippen MR) is 68.5 cm³/mol. The first-order chi connectivity index (χ1) is 8.26. The van der Waals surface area contributed by atoms with Gasteiger partial charge < -0.3 is 5.11 Å². The number of hydrogen-bond acceptors (Lipinski definition) is 3. The largest absolute Gasteiger partial charge is 0.480 e. The van der Waals surface area contributed by atoms with Gasteiger partial charge in [0.2, 0.25) is 10.0 Å². The summed E-state index contributed by atoms with van der Waals surface area (Å²) in [7, 11) is -3.96. The van der Waals surface area contributed by atoms with Crippen molar-refractivity contribution in [3.63, 3.8) is 0 Å². The van der Waals surface area contributed by atoms with Crippen LogP contribution in [-0.2, 0) is 14.8 Å². The number of hydrogen-bond donors (Lipinski definition) is 2. The van der Waals surface area contributed by atoms with Crippen molar-refractivity contribution in [2.75, 3.05) is 0 Å². The molecular formula is C10H11Cl2NO4S. The van der Waals surface area contributed by atoms with Crippen molar-refractivity contribution in [2.45, 2.75) is 24.3 Å². The monoisotopic (exact) mass is 311 g/mol. The number of carboxylic acids is 1. The molecule has 1 atom stereocenters. The number of carboxylic acid groups (broad SMARTS) is 1. The van der Waals surface area contributed by atoms with Crippen LogP contribution in [0.4, 0.5) is 0 Å². The van der Waals surface area contributed by atoms with Crippen molar-refractivity contribution in [3.8, 4) is 0 Å². The lowest BCUT2D eigenvalue weighted by Gasteiger charge is -2.13. The lowest BCUT2D eigenvalue weighted by molar-refractivity contribution is -0.139. The number of aliphatic carboxylic acids is 1. The molecular weight excluding hydrogens is 301 g/mol. The van der Waals surface area contributed by atoms with Crippen LogP contribution in [-0.4, -0.2) is 25.5 Å². The number of carbonyl (C=O) groups is 1. The van der Waals surface area contributed by atoms with E-state index < -0.39 is 22.0 Å². The fourth-order valence-corrected chi connectivity index (χ4v) is 3.25. The Morgan fingerprint density at radius 2 is 1.83 bits per heavy atom. The van der Waals surface area contributed by atoms with Gasteiger partial charge in [-0.3, -0.25) is 4.79 Å². The third-order valence-corrected chi connectivity index (χ3v) is 4.04. The van der Waals surface area contributed by atoms with E-state index in [1.807, 2.05) is 0 Å². The van der Waals surface area contributed by atoms with Gasteiger partial charge in [0.15, 0.2) is 0 Å². The highest BCUT2D eigenvalue weighted by Gasteiger charge is 2.24. The molecule has 0 aliphatic rings. The van der Waals surface area contributed by atoms with E-state index in [0.717, 1.165) is 0 Å². The summed E-state index contributed by atoms with van der Waals surface area (Å²) in [5.41, 5.74) is 0. The van der Waals surface area contributed by atoms with Crippen LogP contribution in [0.15, 0.2) is 23.1 Å². The van der Waals surface area contributed by atoms with Crippen LogP contribution in [0.3, 0.4) is 0 Å². The Labute approximate surface area is 115 Å². The topological polar surface area (TPSA) is 83.5 Å². The molecule has 1 aromatic rings. The smallest absolute Gasteiger partial charge is 0.321 e. The second kappa shape index (κ2) is 5.88. The molecule has 0 spiro atoms. The van der Waals surface area contributed by atoms with E-state index in [2.05, 4.69) is 4.72 Å². The van der Waals surface area contributed by atoms with E-state index in [1.165, 1.54) is 18.2 Å². The maximum absolute atomic E-state index is 11.9. The fourth-order valence-electron chi connectivity index (χ4n) is 1.25. The minimum Gasteiger partial charge on any atom is -0.480 e. The van der Waals surface area contributed by atoms with Crippen molar-refractivity contribution in [1.29, 1.82) is 0 Å². The number of halogens is 2. The van der Waals surface area contributed by atoms with Gasteiger partial charge in [0.05, 0.1) is 4.90 Å². The summed E-state index contributed by atoms with van der Waals surface area (Å²) in [5.74, 6) is -1.24. The first-order valence-electron chi connectivity index (χ1n) is 4.97. The van der Waals surface area contributed by atoms with Crippen molar-refractivity contribution >= 4 is 39.2 Å². The molecule has 5 nitrogen and oxygen atoms in total. The van der Waals surface area contributed by atoms with Crippen LogP contribution in [0.5, 0.6) is 0 Å². The van der Waals surface area contributed by atoms with Crippen LogP contribution in [0.25, 0.3) is 0 Å². The molecule has 2 N–H and O–H groups in total. The molecule has 0 saturated heterocycles. The van der Waals surface area contributed by atoms with E-state index in [0.29, 0.717) is 0 Å². The molecule has 0 fully saturated rings. The standard InChI is InChI=1S/C10H11Cl2NO4S/c1-2-9(10(14)15)13-18(16,17)8-4-6(11)3-7(12)5-8/h3-5,9,13H,2H2,1H3,(H,14,15)/t9-/m0/s1. The Balaban J connectivity index is 3.10. The van der Waals surface area contributed by atoms with Gasteiger partial charge in [0.1, 0.15) is 6.04 Å². The summed E-state index contributed by atoms with van der Waals surface area (Å²) in [6.45, 7) is 1.56. The Morgan fingerprint density at radius 1 is 1.33 bits per heavy atom. The van der Waals surface area contributed by atoms with Crippen LogP contribution < -0.4 is 4.72 Å². The van der Waals surface area contributed by atoms with Crippen molar-refractivity contribution in [1.82, 2.24) is 4.72 Å². The van der Waals surface area contributed by atoms with Gasteiger partial charge in [-0.05, 0) is 24.6 Å². The zero-order valence-electron chi connectivity index (χ0n) is 9.35. The van der Waals surface area contributed by atoms with Gasteiger partial charge in [-0.15, -0.1) is 0 Å². The molecule has 0 radical (unpaired) electrons. The van der Waals surface area contributed by atoms with Gasteiger partial charge in [0.25, 0.3) is 0 Å². The van der Waals surface area contributed by atoms with E-state index in [-0.39, 0.29) is 21.4 Å². The van der Waals surface area contributed by atoms with Crippen LogP contribution in [0.1, 0.15) is 13.3 Å². The SMILES string of the molecule is CC[C@H](NS(=O)(=O)c1cc(Cl)cc(Cl)c1)C(=O)O. The molecule has 18 heavy (non-hydrogen) atoms. The third-order valence-electron chi connectivity index (χ3n) is 2.15. The molecule has 0 aliphatic carbocycles. The van der Waals surface area contributed by atoms with E-state index >= 15 is 0 Å². The zero-order valence-corrected chi connectivity index (χ0v) is 11.7. The normalized spacial score (nSPS) is 13.3. The molecule has 0 aromatic heterocycles. The zero-order chi connectivity index (χ0) is 13.9. The Morgan fingerprint density at radius 3 is 2.22 bits per heavy atom. The van der Waals surface area contributed by atoms with Gasteiger partial charge in [0, 0.05) is 10.0 Å². The molecule has 1 rings (SSSR count). The molecule has 0 saturated carbocycles. The number of rotatable bonds is 5. The first kappa shape index (κ1) is 15.2. The van der Waals surface area contributed by atoms with Crippen molar-refractivity contribution < 1.29 is 18.3 Å². The maximum Gasteiger partial charge on any atom is 0.321 e. The quantitative estimate of drug-likeness (QED) is 0.872. The highest BCUT2D eigenvalue weighted by molar-refractivity contribution is 7.89. The van der Waals surface area contributed by atoms with Crippen LogP contribution in [0, 0.1) is 0 Å². The summed E-state index contributed by atoms with van der Waals surface area (Å²) in [4.78, 5) is 10.6. The number of nitrogens with one attached hydrogen (secondary N) is 1. The van der Waals surface area contributed by atoms with Gasteiger partial charge in [-0.1, -0.05) is 30.1 Å². The summed E-state index contributed by atoms with van der Waals surface area (Å²) in [6, 6.07) is 2.60. The molecule has 0 aliphatic heterocycles. The second-order valence-electron chi connectivity index (χ2n) is 3.53. The predicted octanol–water partition coefficient (Wildman–Crippen LogP) is 2.13. The van der Waals surface area contributed by atoms with Gasteiger partial charge in [-0.25, -0.2) is 8.42 Å². The molecule has 8 heteroatoms. The fraction of sp³-hybridized carbons (Fsp3) is 0.300. The Bertz CT molecular complexity index is 539. The minimum atomic E-state index is -3.96. The van der Waals surface area contributed by atoms with E-state index in [4.69, 9.17) is 28.3 Å². The van der Waals surface area contributed by atoms with Gasteiger partial charge in [-0.2, -0.15) is 4.72 Å². The lowest BCUT2D eigenvalue weighted by Crippen LogP contribution is -2.40. The average Bonchev–Trinajstić information content (AvgIpc) is 2.24. The second-order valence-corrected chi connectivity index (χ2v) is 6.11. The van der Waals surface area contributed by atoms with Crippen molar-refractivity contribution in [3.05, 3.63) is 28.2 Å². The summed E-state index contributed by atoms with van der Waals surface area (Å²) >= 11 is 11.4.